The molecular weight excluding hydrogens is 252 g/mol. The second kappa shape index (κ2) is 6.78. The minimum absolute atomic E-state index is 1.88. The van der Waals surface area contributed by atoms with Crippen molar-refractivity contribution < 1.29 is 0 Å². The van der Waals surface area contributed by atoms with Gasteiger partial charge in [0.1, 0.15) is 0 Å². The molecule has 0 rings (SSSR count). The summed E-state index contributed by atoms with van der Waals surface area (Å²) in [4.78, 5) is 0. The number of nitrogens with one attached hydrogen (secondary N) is 1. The molecule has 0 saturated carbocycles. The summed E-state index contributed by atoms with van der Waals surface area (Å²) in [5, 5.41) is 2.75. The van der Waals surface area contributed by atoms with E-state index in [-0.39, 0.29) is 0 Å². The second-order valence-corrected chi connectivity index (χ2v) is 20.5. The Hall–Kier alpha value is 1.66. The number of hydrogen-bond acceptors (Lipinski definition) is 1. The molecule has 0 aromatic rings. The van der Waals surface area contributed by atoms with Crippen LogP contribution in [0.25, 0.3) is 0 Å². The van der Waals surface area contributed by atoms with Crippen molar-refractivity contribution in [2.24, 2.45) is 0 Å². The van der Waals surface area contributed by atoms with Crippen LogP contribution in [0.3, 0.4) is 0 Å². The van der Waals surface area contributed by atoms with Crippen LogP contribution in [0.4, 0.5) is 0 Å². The first-order valence-electron chi connectivity index (χ1n) is 1.76. The van der Waals surface area contributed by atoms with Gasteiger partial charge in [0.2, 0.25) is 0 Å². The predicted molar refractivity (Wildman–Crippen MR) is 44.1 cm³/mol. The van der Waals surface area contributed by atoms with Crippen LogP contribution < -0.4 is 5.32 Å². The normalized spacial score (nSPS) is 9.75. The van der Waals surface area contributed by atoms with E-state index >= 15 is 0 Å². The molecule has 52 valence electrons. The van der Waals surface area contributed by atoms with E-state index in [1.54, 1.807) is 0 Å². The molecule has 0 aliphatic carbocycles. The van der Waals surface area contributed by atoms with Gasteiger partial charge >= 0.3 is 49.6 Å². The van der Waals surface area contributed by atoms with E-state index in [0.29, 0.717) is 0 Å². The molecule has 1 N–H and O–H groups in total. The maximum absolute atomic E-state index is 5.01. The van der Waals surface area contributed by atoms with Gasteiger partial charge in [-0.1, -0.05) is 0 Å². The zero-order valence-corrected chi connectivity index (χ0v) is 9.63. The van der Waals surface area contributed by atoms with E-state index in [2.05, 4.69) is 5.32 Å². The van der Waals surface area contributed by atoms with Crippen molar-refractivity contribution in [2.75, 3.05) is 14.1 Å². The number of halogens is 4. The van der Waals surface area contributed by atoms with Crippen molar-refractivity contribution in [3.63, 3.8) is 0 Å². The van der Waals surface area contributed by atoms with Gasteiger partial charge in [-0.2, -0.15) is 0 Å². The van der Waals surface area contributed by atoms with Gasteiger partial charge in [0.15, 0.2) is 0 Å². The number of rotatable bonds is 0. The standard InChI is InChI=1S/C2H7N.Cl4Ge/c1-3-2;1-5(2,3)4/h3H,1-2H3;. The van der Waals surface area contributed by atoms with Crippen molar-refractivity contribution in [1.29, 1.82) is 0 Å². The van der Waals surface area contributed by atoms with E-state index < -0.39 is 9.55 Å². The second-order valence-electron chi connectivity index (χ2n) is 0.929. The van der Waals surface area contributed by atoms with E-state index in [0.717, 1.165) is 0 Å². The average Bonchev–Trinajstić information content (AvgIpc) is 1.27. The van der Waals surface area contributed by atoms with E-state index in [1.165, 1.54) is 0 Å². The van der Waals surface area contributed by atoms with E-state index in [1.807, 2.05) is 14.1 Å². The SMILES string of the molecule is CNC.[Cl][Ge]([Cl])([Cl])[Cl]. The van der Waals surface area contributed by atoms with Crippen LogP contribution >= 0.6 is 40.0 Å². The fourth-order valence-electron chi connectivity index (χ4n) is 0. The summed E-state index contributed by atoms with van der Waals surface area (Å²) in [6, 6.07) is 0. The Labute approximate surface area is 68.7 Å². The van der Waals surface area contributed by atoms with Crippen LogP contribution in [0.5, 0.6) is 0 Å². The average molecular weight is 260 g/mol. The Bertz CT molecular complexity index is 37.8. The molecule has 0 atom stereocenters. The molecule has 0 aromatic carbocycles. The van der Waals surface area contributed by atoms with Crippen molar-refractivity contribution in [3.05, 3.63) is 0 Å². The molecule has 0 aromatic heterocycles. The molecule has 6 heteroatoms. The van der Waals surface area contributed by atoms with Crippen LogP contribution in [0.1, 0.15) is 0 Å². The van der Waals surface area contributed by atoms with E-state index in [4.69, 9.17) is 40.0 Å². The summed E-state index contributed by atoms with van der Waals surface area (Å²) in [5.41, 5.74) is 0. The summed E-state index contributed by atoms with van der Waals surface area (Å²) < 4.78 is 0. The first-order chi connectivity index (χ1) is 3.41. The first kappa shape index (κ1) is 12.3. The van der Waals surface area contributed by atoms with Gasteiger partial charge in [-0.25, -0.2) is 0 Å². The number of hydrogen-bond donors (Lipinski definition) is 1. The topological polar surface area (TPSA) is 12.0 Å². The van der Waals surface area contributed by atoms with Crippen LogP contribution in [-0.2, 0) is 0 Å². The zero-order valence-electron chi connectivity index (χ0n) is 4.51. The van der Waals surface area contributed by atoms with Gasteiger partial charge in [-0.15, -0.1) is 0 Å². The molecule has 0 aliphatic rings. The molecule has 0 fully saturated rings. The van der Waals surface area contributed by atoms with Gasteiger partial charge < -0.3 is 5.32 Å². The van der Waals surface area contributed by atoms with Gasteiger partial charge in [0, 0.05) is 0 Å². The molecule has 0 radical (unpaired) electrons. The summed E-state index contributed by atoms with van der Waals surface area (Å²) in [6.07, 6.45) is 0. The van der Waals surface area contributed by atoms with Crippen LogP contribution in [-0.4, -0.2) is 23.6 Å². The minimum atomic E-state index is -3.11. The molecule has 0 aliphatic heterocycles. The maximum atomic E-state index is 5.01. The molecule has 0 spiro atoms. The molecule has 8 heavy (non-hydrogen) atoms. The third kappa shape index (κ3) is 123. The summed E-state index contributed by atoms with van der Waals surface area (Å²) in [5.74, 6) is 0. The van der Waals surface area contributed by atoms with Crippen LogP contribution in [0.2, 0.25) is 0 Å². The molecule has 0 unspecified atom stereocenters. The Kier molecular flexibility index (Phi) is 10.5. The predicted octanol–water partition coefficient (Wildman–Crippen LogP) is 2.21. The fourth-order valence-corrected chi connectivity index (χ4v) is 0. The summed E-state index contributed by atoms with van der Waals surface area (Å²) >= 11 is 0. The summed E-state index contributed by atoms with van der Waals surface area (Å²) in [7, 11) is 20.7. The molecule has 0 saturated heterocycles. The van der Waals surface area contributed by atoms with Crippen LogP contribution in [0.15, 0.2) is 0 Å². The molecular formula is C2H7Cl4GeN. The van der Waals surface area contributed by atoms with Crippen molar-refractivity contribution >= 4 is 49.6 Å². The van der Waals surface area contributed by atoms with Gasteiger partial charge in [0.25, 0.3) is 0 Å². The molecule has 0 heterocycles. The Morgan fingerprint density at radius 2 is 1.00 bits per heavy atom. The van der Waals surface area contributed by atoms with Gasteiger partial charge in [-0.05, 0) is 14.1 Å². The Morgan fingerprint density at radius 3 is 1.00 bits per heavy atom. The van der Waals surface area contributed by atoms with Crippen molar-refractivity contribution in [3.8, 4) is 0 Å². The third-order valence-electron chi connectivity index (χ3n) is 0. The van der Waals surface area contributed by atoms with Crippen molar-refractivity contribution in [2.45, 2.75) is 0 Å². The third-order valence-corrected chi connectivity index (χ3v) is 0. The van der Waals surface area contributed by atoms with Gasteiger partial charge in [-0.3, -0.25) is 0 Å². The quantitative estimate of drug-likeness (QED) is 0.658. The molecule has 1 nitrogen and oxygen atoms in total. The zero-order chi connectivity index (χ0) is 7.21. The monoisotopic (exact) mass is 259 g/mol. The van der Waals surface area contributed by atoms with Gasteiger partial charge in [0.05, 0.1) is 0 Å². The summed E-state index contributed by atoms with van der Waals surface area (Å²) in [6.45, 7) is 0. The fraction of sp³-hybridized carbons (Fsp3) is 1.00. The Morgan fingerprint density at radius 1 is 1.00 bits per heavy atom. The van der Waals surface area contributed by atoms with E-state index in [9.17, 15) is 0 Å². The first-order valence-corrected chi connectivity index (χ1v) is 12.8. The van der Waals surface area contributed by atoms with Crippen molar-refractivity contribution in [1.82, 2.24) is 5.32 Å². The van der Waals surface area contributed by atoms with Crippen LogP contribution in [0, 0.1) is 0 Å². The Balaban J connectivity index is 0. The molecule has 0 bridgehead atoms. The molecule has 0 amide bonds.